The van der Waals surface area contributed by atoms with Gasteiger partial charge in [0.25, 0.3) is 0 Å². The zero-order valence-electron chi connectivity index (χ0n) is 27.2. The summed E-state index contributed by atoms with van der Waals surface area (Å²) in [4.78, 5) is 9.69. The molecule has 0 bridgehead atoms. The summed E-state index contributed by atoms with van der Waals surface area (Å²) in [5, 5.41) is 2.77. The lowest BCUT2D eigenvalue weighted by Gasteiger charge is -2.27. The molecule has 1 aliphatic heterocycles. The standard InChI is InChI=1S/C44H32N2O2Si/c1-49(2)41(31-19-13-21-33(27-31)43-45-35-23-9-11-25-37(35)47-43)39(29-15-5-3-6-16-29)40(30-17-7-4-8-18-30)42(49)32-20-14-22-34(28-32)44-46-36-24-10-12-26-38(36)48-44/h3-28H,1-2H3. The quantitative estimate of drug-likeness (QED) is 0.168. The van der Waals surface area contributed by atoms with Crippen molar-refractivity contribution >= 4 is 51.8 Å². The van der Waals surface area contributed by atoms with E-state index in [1.54, 1.807) is 0 Å². The molecule has 0 fully saturated rings. The molecule has 0 unspecified atom stereocenters. The summed E-state index contributed by atoms with van der Waals surface area (Å²) in [6.07, 6.45) is 0. The number of fused-ring (bicyclic) bond motifs is 2. The second-order valence-electron chi connectivity index (χ2n) is 13.0. The number of para-hydroxylation sites is 4. The molecule has 2 aromatic heterocycles. The average molecular weight is 649 g/mol. The van der Waals surface area contributed by atoms with Crippen molar-refractivity contribution in [2.75, 3.05) is 0 Å². The maximum atomic E-state index is 6.25. The zero-order valence-corrected chi connectivity index (χ0v) is 28.2. The van der Waals surface area contributed by atoms with Crippen LogP contribution in [0.3, 0.4) is 0 Å². The second kappa shape index (κ2) is 11.6. The molecule has 6 aromatic carbocycles. The van der Waals surface area contributed by atoms with E-state index in [-0.39, 0.29) is 0 Å². The molecule has 0 saturated heterocycles. The lowest BCUT2D eigenvalue weighted by atomic mass is 9.89. The molecule has 0 saturated carbocycles. The van der Waals surface area contributed by atoms with Gasteiger partial charge in [-0.15, -0.1) is 0 Å². The molecular formula is C44H32N2O2Si. The predicted molar refractivity (Wildman–Crippen MR) is 203 cm³/mol. The van der Waals surface area contributed by atoms with E-state index in [1.165, 1.54) is 43.8 Å². The fourth-order valence-electron chi connectivity index (χ4n) is 7.40. The summed E-state index contributed by atoms with van der Waals surface area (Å²) in [5.74, 6) is 1.26. The Labute approximate surface area is 285 Å². The van der Waals surface area contributed by atoms with E-state index < -0.39 is 8.07 Å². The lowest BCUT2D eigenvalue weighted by molar-refractivity contribution is 0.619. The molecule has 4 nitrogen and oxygen atoms in total. The summed E-state index contributed by atoms with van der Waals surface area (Å²) >= 11 is 0. The van der Waals surface area contributed by atoms with Crippen LogP contribution in [0.25, 0.3) is 66.6 Å². The monoisotopic (exact) mass is 648 g/mol. The zero-order chi connectivity index (χ0) is 33.0. The second-order valence-corrected chi connectivity index (χ2v) is 17.2. The van der Waals surface area contributed by atoms with Gasteiger partial charge in [0.2, 0.25) is 11.8 Å². The lowest BCUT2D eigenvalue weighted by Crippen LogP contribution is -2.28. The molecule has 0 N–H and O–H groups in total. The maximum Gasteiger partial charge on any atom is 0.227 e. The minimum Gasteiger partial charge on any atom is -0.436 e. The van der Waals surface area contributed by atoms with Gasteiger partial charge in [0.05, 0.1) is 0 Å². The number of allylic oxidation sites excluding steroid dienone is 2. The third kappa shape index (κ3) is 4.98. The first-order chi connectivity index (χ1) is 24.0. The van der Waals surface area contributed by atoms with E-state index in [0.717, 1.165) is 33.3 Å². The Morgan fingerprint density at radius 1 is 0.388 bits per heavy atom. The van der Waals surface area contributed by atoms with Gasteiger partial charge in [-0.2, -0.15) is 0 Å². The van der Waals surface area contributed by atoms with Crippen LogP contribution >= 0.6 is 0 Å². The number of benzene rings is 6. The first-order valence-electron chi connectivity index (χ1n) is 16.6. The van der Waals surface area contributed by atoms with E-state index in [9.17, 15) is 0 Å². The highest BCUT2D eigenvalue weighted by Crippen LogP contribution is 2.56. The van der Waals surface area contributed by atoms with Gasteiger partial charge >= 0.3 is 0 Å². The van der Waals surface area contributed by atoms with E-state index in [4.69, 9.17) is 18.8 Å². The van der Waals surface area contributed by atoms with Crippen LogP contribution in [0.15, 0.2) is 167 Å². The summed E-state index contributed by atoms with van der Waals surface area (Å²) in [5.41, 5.74) is 12.6. The highest BCUT2D eigenvalue weighted by atomic mass is 28.3. The highest BCUT2D eigenvalue weighted by molar-refractivity contribution is 7.13. The minimum atomic E-state index is -2.43. The van der Waals surface area contributed by atoms with E-state index in [0.29, 0.717) is 11.8 Å². The molecule has 0 amide bonds. The van der Waals surface area contributed by atoms with Crippen LogP contribution in [0, 0.1) is 0 Å². The third-order valence-corrected chi connectivity index (χ3v) is 13.1. The van der Waals surface area contributed by atoms with Crippen molar-refractivity contribution < 1.29 is 8.83 Å². The number of nitrogens with zero attached hydrogens (tertiary/aromatic N) is 2. The van der Waals surface area contributed by atoms with Crippen molar-refractivity contribution in [3.8, 4) is 22.9 Å². The molecule has 1 aliphatic rings. The van der Waals surface area contributed by atoms with E-state index >= 15 is 0 Å². The first-order valence-corrected chi connectivity index (χ1v) is 19.6. The van der Waals surface area contributed by atoms with Gasteiger partial charge in [-0.25, -0.2) is 9.97 Å². The fourth-order valence-corrected chi connectivity index (χ4v) is 11.2. The van der Waals surface area contributed by atoms with Gasteiger partial charge in [-0.05, 0) is 92.3 Å². The largest absolute Gasteiger partial charge is 0.436 e. The third-order valence-electron chi connectivity index (χ3n) is 9.51. The smallest absolute Gasteiger partial charge is 0.227 e. The molecule has 234 valence electrons. The molecule has 8 aromatic rings. The molecule has 0 spiro atoms. The first kappa shape index (κ1) is 29.1. The molecular weight excluding hydrogens is 617 g/mol. The van der Waals surface area contributed by atoms with Crippen molar-refractivity contribution in [3.63, 3.8) is 0 Å². The Morgan fingerprint density at radius 2 is 0.755 bits per heavy atom. The van der Waals surface area contributed by atoms with Crippen molar-refractivity contribution in [3.05, 3.63) is 180 Å². The summed E-state index contributed by atoms with van der Waals surface area (Å²) < 4.78 is 12.5. The highest BCUT2D eigenvalue weighted by Gasteiger charge is 2.44. The number of hydrogen-bond acceptors (Lipinski definition) is 4. The Hall–Kier alpha value is -6.04. The summed E-state index contributed by atoms with van der Waals surface area (Å²) in [6.45, 7) is 4.96. The van der Waals surface area contributed by atoms with Gasteiger partial charge < -0.3 is 8.83 Å². The van der Waals surface area contributed by atoms with Gasteiger partial charge in [-0.1, -0.05) is 122 Å². The molecule has 0 radical (unpaired) electrons. The van der Waals surface area contributed by atoms with Gasteiger partial charge in [-0.3, -0.25) is 0 Å². The van der Waals surface area contributed by atoms with Crippen molar-refractivity contribution in [2.24, 2.45) is 0 Å². The van der Waals surface area contributed by atoms with Crippen LogP contribution in [0.2, 0.25) is 13.1 Å². The molecule has 3 heterocycles. The van der Waals surface area contributed by atoms with Crippen LogP contribution in [-0.4, -0.2) is 18.0 Å². The van der Waals surface area contributed by atoms with E-state index in [2.05, 4.69) is 122 Å². The molecule has 5 heteroatoms. The van der Waals surface area contributed by atoms with E-state index in [1.807, 2.05) is 48.5 Å². The summed E-state index contributed by atoms with van der Waals surface area (Å²) in [6, 6.07) is 55.0. The summed E-state index contributed by atoms with van der Waals surface area (Å²) in [7, 11) is -2.43. The minimum absolute atomic E-state index is 0.630. The number of aromatic nitrogens is 2. The fraction of sp³-hybridized carbons (Fsp3) is 0.0455. The Kier molecular flexibility index (Phi) is 6.88. The van der Waals surface area contributed by atoms with Crippen LogP contribution in [0.1, 0.15) is 22.3 Å². The molecule has 0 aliphatic carbocycles. The van der Waals surface area contributed by atoms with Crippen LogP contribution in [0.4, 0.5) is 0 Å². The number of hydrogen-bond donors (Lipinski definition) is 0. The maximum absolute atomic E-state index is 6.25. The van der Waals surface area contributed by atoms with Gasteiger partial charge in [0.15, 0.2) is 11.2 Å². The topological polar surface area (TPSA) is 52.1 Å². The van der Waals surface area contributed by atoms with Crippen LogP contribution < -0.4 is 0 Å². The Balaban J connectivity index is 1.28. The van der Waals surface area contributed by atoms with Crippen molar-refractivity contribution in [1.29, 1.82) is 0 Å². The van der Waals surface area contributed by atoms with Crippen LogP contribution in [0.5, 0.6) is 0 Å². The average Bonchev–Trinajstić information content (AvgIpc) is 3.85. The molecule has 0 atom stereocenters. The number of rotatable bonds is 6. The SMILES string of the molecule is C[Si]1(C)C(c2cccc(-c3nc4ccccc4o3)c2)=C(c2ccccc2)C(c2ccccc2)=C1c1cccc(-c2nc3ccccc3o2)c1. The van der Waals surface area contributed by atoms with Crippen molar-refractivity contribution in [1.82, 2.24) is 9.97 Å². The van der Waals surface area contributed by atoms with Crippen molar-refractivity contribution in [2.45, 2.75) is 13.1 Å². The van der Waals surface area contributed by atoms with Gasteiger partial charge in [0.1, 0.15) is 19.1 Å². The normalized spacial score (nSPS) is 14.3. The molecule has 49 heavy (non-hydrogen) atoms. The number of oxazole rings is 2. The predicted octanol–water partition coefficient (Wildman–Crippen LogP) is 11.6. The molecule has 9 rings (SSSR count). The van der Waals surface area contributed by atoms with Crippen LogP contribution in [-0.2, 0) is 0 Å². The Morgan fingerprint density at radius 3 is 1.18 bits per heavy atom. The Bertz CT molecular complexity index is 2330. The van der Waals surface area contributed by atoms with Gasteiger partial charge in [0, 0.05) is 11.1 Å².